The third-order valence-electron chi connectivity index (χ3n) is 3.08. The molecule has 0 saturated heterocycles. The van der Waals surface area contributed by atoms with Crippen LogP contribution in [0.4, 0.5) is 4.39 Å². The second-order valence-electron chi connectivity index (χ2n) is 4.39. The topological polar surface area (TPSA) is 26.0 Å². The number of benzene rings is 2. The van der Waals surface area contributed by atoms with Gasteiger partial charge in [-0.3, -0.25) is 0 Å². The van der Waals surface area contributed by atoms with Crippen LogP contribution in [0.1, 0.15) is 22.7 Å². The summed E-state index contributed by atoms with van der Waals surface area (Å²) in [7, 11) is 0. The monoisotopic (exact) mass is 263 g/mol. The summed E-state index contributed by atoms with van der Waals surface area (Å²) in [6.45, 7) is 1.96. The molecule has 0 fully saturated rings. The van der Waals surface area contributed by atoms with Crippen LogP contribution in [0.5, 0.6) is 0 Å². The molecule has 0 spiro atoms. The number of rotatable bonds is 3. The highest BCUT2D eigenvalue weighted by Crippen LogP contribution is 2.25. The highest BCUT2D eigenvalue weighted by molar-refractivity contribution is 6.31. The van der Waals surface area contributed by atoms with Crippen LogP contribution >= 0.6 is 11.6 Å². The Morgan fingerprint density at radius 1 is 1.17 bits per heavy atom. The highest BCUT2D eigenvalue weighted by Gasteiger charge is 2.11. The molecule has 0 saturated carbocycles. The van der Waals surface area contributed by atoms with Crippen molar-refractivity contribution in [2.75, 3.05) is 0 Å². The van der Waals surface area contributed by atoms with Crippen molar-refractivity contribution >= 4 is 11.6 Å². The van der Waals surface area contributed by atoms with Crippen LogP contribution in [0.3, 0.4) is 0 Å². The summed E-state index contributed by atoms with van der Waals surface area (Å²) in [6.07, 6.45) is 0.668. The first-order valence-corrected chi connectivity index (χ1v) is 6.21. The zero-order valence-electron chi connectivity index (χ0n) is 10.2. The molecule has 2 aromatic rings. The Hall–Kier alpha value is -1.38. The van der Waals surface area contributed by atoms with Crippen LogP contribution in [0.2, 0.25) is 5.02 Å². The summed E-state index contributed by atoms with van der Waals surface area (Å²) in [5.74, 6) is -0.230. The standard InChI is InChI=1S/C15H15ClFN/c1-10-13(3-2-4-14(10)16)15(18)9-11-5-7-12(17)8-6-11/h2-8,15H,9,18H2,1H3. The molecule has 3 heteroatoms. The van der Waals surface area contributed by atoms with E-state index in [4.69, 9.17) is 17.3 Å². The smallest absolute Gasteiger partial charge is 0.123 e. The van der Waals surface area contributed by atoms with E-state index >= 15 is 0 Å². The Bertz CT molecular complexity index is 537. The van der Waals surface area contributed by atoms with Crippen LogP contribution < -0.4 is 5.73 Å². The lowest BCUT2D eigenvalue weighted by atomic mass is 9.96. The zero-order chi connectivity index (χ0) is 13.1. The molecule has 18 heavy (non-hydrogen) atoms. The number of halogens is 2. The van der Waals surface area contributed by atoms with E-state index in [1.54, 1.807) is 12.1 Å². The number of hydrogen-bond donors (Lipinski definition) is 1. The fourth-order valence-corrected chi connectivity index (χ4v) is 2.19. The maximum absolute atomic E-state index is 12.8. The van der Waals surface area contributed by atoms with E-state index in [-0.39, 0.29) is 11.9 Å². The third-order valence-corrected chi connectivity index (χ3v) is 3.49. The van der Waals surface area contributed by atoms with E-state index in [0.717, 1.165) is 21.7 Å². The first-order chi connectivity index (χ1) is 8.58. The Kier molecular flexibility index (Phi) is 4.00. The summed E-state index contributed by atoms with van der Waals surface area (Å²) in [5.41, 5.74) is 9.24. The van der Waals surface area contributed by atoms with Crippen molar-refractivity contribution in [1.82, 2.24) is 0 Å². The summed E-state index contributed by atoms with van der Waals surface area (Å²) < 4.78 is 12.8. The highest BCUT2D eigenvalue weighted by atomic mass is 35.5. The lowest BCUT2D eigenvalue weighted by molar-refractivity contribution is 0.625. The molecule has 0 bridgehead atoms. The van der Waals surface area contributed by atoms with Crippen LogP contribution in [-0.4, -0.2) is 0 Å². The molecule has 1 nitrogen and oxygen atoms in total. The maximum Gasteiger partial charge on any atom is 0.123 e. The lowest BCUT2D eigenvalue weighted by Gasteiger charge is -2.15. The normalized spacial score (nSPS) is 12.4. The molecule has 0 amide bonds. The maximum atomic E-state index is 12.8. The van der Waals surface area contributed by atoms with Gasteiger partial charge in [-0.05, 0) is 48.2 Å². The van der Waals surface area contributed by atoms with Gasteiger partial charge in [0.2, 0.25) is 0 Å². The van der Waals surface area contributed by atoms with Gasteiger partial charge in [-0.15, -0.1) is 0 Å². The van der Waals surface area contributed by atoms with E-state index in [2.05, 4.69) is 0 Å². The number of hydrogen-bond acceptors (Lipinski definition) is 1. The van der Waals surface area contributed by atoms with Crippen LogP contribution in [-0.2, 0) is 6.42 Å². The fraction of sp³-hybridized carbons (Fsp3) is 0.200. The minimum atomic E-state index is -0.230. The van der Waals surface area contributed by atoms with Crippen LogP contribution in [0.15, 0.2) is 42.5 Å². The molecule has 2 rings (SSSR count). The quantitative estimate of drug-likeness (QED) is 0.889. The molecule has 0 radical (unpaired) electrons. The van der Waals surface area contributed by atoms with Gasteiger partial charge in [-0.25, -0.2) is 4.39 Å². The van der Waals surface area contributed by atoms with Gasteiger partial charge in [0.25, 0.3) is 0 Å². The minimum Gasteiger partial charge on any atom is -0.324 e. The molecule has 0 heterocycles. The first kappa shape index (κ1) is 13.1. The van der Waals surface area contributed by atoms with E-state index < -0.39 is 0 Å². The van der Waals surface area contributed by atoms with Crippen molar-refractivity contribution in [3.63, 3.8) is 0 Å². The zero-order valence-corrected chi connectivity index (χ0v) is 10.9. The second-order valence-corrected chi connectivity index (χ2v) is 4.80. The van der Waals surface area contributed by atoms with E-state index in [0.29, 0.717) is 6.42 Å². The van der Waals surface area contributed by atoms with Crippen molar-refractivity contribution in [3.05, 3.63) is 70.0 Å². The van der Waals surface area contributed by atoms with Crippen molar-refractivity contribution in [3.8, 4) is 0 Å². The fourth-order valence-electron chi connectivity index (χ4n) is 2.01. The van der Waals surface area contributed by atoms with Gasteiger partial charge in [0.1, 0.15) is 5.82 Å². The van der Waals surface area contributed by atoms with Gasteiger partial charge >= 0.3 is 0 Å². The van der Waals surface area contributed by atoms with Gasteiger partial charge in [0.05, 0.1) is 0 Å². The molecule has 0 aromatic heterocycles. The Balaban J connectivity index is 2.19. The second kappa shape index (κ2) is 5.51. The molecule has 94 valence electrons. The van der Waals surface area contributed by atoms with Crippen molar-refractivity contribution in [2.45, 2.75) is 19.4 Å². The van der Waals surface area contributed by atoms with Crippen molar-refractivity contribution in [1.29, 1.82) is 0 Å². The summed E-state index contributed by atoms with van der Waals surface area (Å²) in [5, 5.41) is 0.724. The average Bonchev–Trinajstić information content (AvgIpc) is 2.35. The summed E-state index contributed by atoms with van der Waals surface area (Å²) in [6, 6.07) is 12.0. The first-order valence-electron chi connectivity index (χ1n) is 5.83. The van der Waals surface area contributed by atoms with E-state index in [9.17, 15) is 4.39 Å². The van der Waals surface area contributed by atoms with E-state index in [1.165, 1.54) is 12.1 Å². The van der Waals surface area contributed by atoms with E-state index in [1.807, 2.05) is 25.1 Å². The molecular formula is C15H15ClFN. The Morgan fingerprint density at radius 2 is 1.83 bits per heavy atom. The van der Waals surface area contributed by atoms with Crippen molar-refractivity contribution < 1.29 is 4.39 Å². The molecule has 1 unspecified atom stereocenters. The third kappa shape index (κ3) is 2.89. The molecule has 0 aliphatic heterocycles. The molecule has 0 aliphatic carbocycles. The van der Waals surface area contributed by atoms with Crippen LogP contribution in [0, 0.1) is 12.7 Å². The average molecular weight is 264 g/mol. The summed E-state index contributed by atoms with van der Waals surface area (Å²) in [4.78, 5) is 0. The predicted octanol–water partition coefficient (Wildman–Crippen LogP) is 4.03. The lowest BCUT2D eigenvalue weighted by Crippen LogP contribution is -2.14. The largest absolute Gasteiger partial charge is 0.324 e. The molecule has 0 aliphatic rings. The van der Waals surface area contributed by atoms with Crippen molar-refractivity contribution in [2.24, 2.45) is 5.73 Å². The predicted molar refractivity (Wildman–Crippen MR) is 73.2 cm³/mol. The molecule has 2 aromatic carbocycles. The van der Waals surface area contributed by atoms with Gasteiger partial charge in [0, 0.05) is 11.1 Å². The van der Waals surface area contributed by atoms with Crippen LogP contribution in [0.25, 0.3) is 0 Å². The van der Waals surface area contributed by atoms with Gasteiger partial charge in [-0.2, -0.15) is 0 Å². The molecular weight excluding hydrogens is 249 g/mol. The molecule has 1 atom stereocenters. The molecule has 2 N–H and O–H groups in total. The van der Waals surface area contributed by atoms with Gasteiger partial charge in [-0.1, -0.05) is 35.9 Å². The van der Waals surface area contributed by atoms with Gasteiger partial charge < -0.3 is 5.73 Å². The van der Waals surface area contributed by atoms with Gasteiger partial charge in [0.15, 0.2) is 0 Å². The summed E-state index contributed by atoms with van der Waals surface area (Å²) >= 11 is 6.08. The number of nitrogens with two attached hydrogens (primary N) is 1. The SMILES string of the molecule is Cc1c(Cl)cccc1C(N)Cc1ccc(F)cc1. The Morgan fingerprint density at radius 3 is 2.50 bits per heavy atom. The Labute approximate surface area is 111 Å². The minimum absolute atomic E-state index is 0.130.